The average Bonchev–Trinajstić information content (AvgIpc) is 2.86. The topological polar surface area (TPSA) is 88.4 Å². The number of benzene rings is 3. The molecule has 6 nitrogen and oxygen atoms in total. The fourth-order valence-corrected chi connectivity index (χ4v) is 4.22. The first-order valence-electron chi connectivity index (χ1n) is 10.6. The molecular formula is C26H28O6. The maximum Gasteiger partial charge on any atom is 0.186 e. The lowest BCUT2D eigenvalue weighted by molar-refractivity contribution is -0.299. The van der Waals surface area contributed by atoms with E-state index in [1.165, 1.54) is 7.11 Å². The van der Waals surface area contributed by atoms with E-state index < -0.39 is 36.3 Å². The number of aliphatic hydroxyl groups excluding tert-OH is 3. The zero-order valence-corrected chi connectivity index (χ0v) is 17.8. The molecule has 1 heterocycles. The molecule has 0 spiro atoms. The second-order valence-electron chi connectivity index (χ2n) is 7.84. The van der Waals surface area contributed by atoms with Gasteiger partial charge < -0.3 is 29.5 Å². The molecule has 0 saturated carbocycles. The van der Waals surface area contributed by atoms with E-state index in [4.69, 9.17) is 14.2 Å². The van der Waals surface area contributed by atoms with Gasteiger partial charge in [0.2, 0.25) is 0 Å². The molecule has 1 aliphatic heterocycles. The zero-order valence-electron chi connectivity index (χ0n) is 17.8. The molecule has 3 N–H and O–H groups in total. The minimum Gasteiger partial charge on any atom is -0.387 e. The maximum absolute atomic E-state index is 10.6. The molecule has 0 unspecified atom stereocenters. The molecule has 168 valence electrons. The Morgan fingerprint density at radius 2 is 1.12 bits per heavy atom. The summed E-state index contributed by atoms with van der Waals surface area (Å²) in [6, 6.07) is 29.5. The fourth-order valence-electron chi connectivity index (χ4n) is 4.22. The molecule has 1 saturated heterocycles. The van der Waals surface area contributed by atoms with Gasteiger partial charge in [-0.05, 0) is 16.7 Å². The summed E-state index contributed by atoms with van der Waals surface area (Å²) in [7, 11) is 1.37. The third-order valence-corrected chi connectivity index (χ3v) is 5.91. The first-order valence-corrected chi connectivity index (χ1v) is 10.6. The molecule has 0 aromatic heterocycles. The molecule has 0 aliphatic carbocycles. The van der Waals surface area contributed by atoms with E-state index in [9.17, 15) is 15.3 Å². The summed E-state index contributed by atoms with van der Waals surface area (Å²) in [5, 5.41) is 30.9. The molecular weight excluding hydrogens is 408 g/mol. The molecule has 4 rings (SSSR count). The molecule has 3 aromatic rings. The van der Waals surface area contributed by atoms with Gasteiger partial charge in [-0.2, -0.15) is 0 Å². The minimum absolute atomic E-state index is 0.0521. The van der Waals surface area contributed by atoms with Crippen molar-refractivity contribution in [3.05, 3.63) is 108 Å². The van der Waals surface area contributed by atoms with Crippen molar-refractivity contribution in [2.45, 2.75) is 36.3 Å². The molecule has 3 aromatic carbocycles. The molecule has 32 heavy (non-hydrogen) atoms. The van der Waals surface area contributed by atoms with E-state index in [0.717, 1.165) is 16.7 Å². The van der Waals surface area contributed by atoms with Gasteiger partial charge >= 0.3 is 0 Å². The highest BCUT2D eigenvalue weighted by molar-refractivity contribution is 5.47. The standard InChI is InChI=1S/C26H28O6/c1-30-25-24(29)23(28)22(27)21(32-25)17-31-26(18-11-5-2-6-12-18,19-13-7-3-8-14-19)20-15-9-4-10-16-20/h2-16,21-25,27-29H,17H2,1H3/t21-,22-,23+,24+,25-/m1/s1. The molecule has 1 fully saturated rings. The predicted octanol–water partition coefficient (Wildman–Crippen LogP) is 2.45. The Kier molecular flexibility index (Phi) is 7.01. The van der Waals surface area contributed by atoms with Crippen LogP contribution in [0.25, 0.3) is 0 Å². The van der Waals surface area contributed by atoms with Crippen LogP contribution in [-0.4, -0.2) is 59.7 Å². The maximum atomic E-state index is 10.6. The molecule has 6 heteroatoms. The van der Waals surface area contributed by atoms with Crippen molar-refractivity contribution in [2.75, 3.05) is 13.7 Å². The monoisotopic (exact) mass is 436 g/mol. The average molecular weight is 437 g/mol. The summed E-state index contributed by atoms with van der Waals surface area (Å²) in [5.74, 6) is 0. The smallest absolute Gasteiger partial charge is 0.186 e. The largest absolute Gasteiger partial charge is 0.387 e. The molecule has 0 radical (unpaired) electrons. The van der Waals surface area contributed by atoms with E-state index >= 15 is 0 Å². The number of methoxy groups -OCH3 is 1. The van der Waals surface area contributed by atoms with Crippen LogP contribution < -0.4 is 0 Å². The van der Waals surface area contributed by atoms with Crippen LogP contribution in [0.4, 0.5) is 0 Å². The Labute approximate surface area is 187 Å². The quantitative estimate of drug-likeness (QED) is 0.493. The van der Waals surface area contributed by atoms with Crippen LogP contribution in [0.1, 0.15) is 16.7 Å². The van der Waals surface area contributed by atoms with Gasteiger partial charge in [-0.1, -0.05) is 91.0 Å². The van der Waals surface area contributed by atoms with E-state index in [0.29, 0.717) is 0 Å². The Morgan fingerprint density at radius 1 is 0.688 bits per heavy atom. The van der Waals surface area contributed by atoms with Crippen LogP contribution >= 0.6 is 0 Å². The van der Waals surface area contributed by atoms with Gasteiger partial charge in [0.05, 0.1) is 6.61 Å². The lowest BCUT2D eigenvalue weighted by Gasteiger charge is -2.42. The van der Waals surface area contributed by atoms with Gasteiger partial charge in [-0.3, -0.25) is 0 Å². The number of ether oxygens (including phenoxy) is 3. The number of hydrogen-bond donors (Lipinski definition) is 3. The van der Waals surface area contributed by atoms with Gasteiger partial charge in [0.15, 0.2) is 6.29 Å². The van der Waals surface area contributed by atoms with Crippen molar-refractivity contribution < 1.29 is 29.5 Å². The highest BCUT2D eigenvalue weighted by atomic mass is 16.7. The van der Waals surface area contributed by atoms with Crippen LogP contribution in [0.5, 0.6) is 0 Å². The predicted molar refractivity (Wildman–Crippen MR) is 119 cm³/mol. The van der Waals surface area contributed by atoms with Crippen molar-refractivity contribution in [1.29, 1.82) is 0 Å². The van der Waals surface area contributed by atoms with Crippen molar-refractivity contribution in [3.63, 3.8) is 0 Å². The molecule has 5 atom stereocenters. The Bertz CT molecular complexity index is 867. The SMILES string of the molecule is CO[C@@H]1O[C@H](COC(c2ccccc2)(c2ccccc2)c2ccccc2)[C@@H](O)[C@H](O)[C@@H]1O. The van der Waals surface area contributed by atoms with E-state index in [1.54, 1.807) is 0 Å². The van der Waals surface area contributed by atoms with Crippen molar-refractivity contribution in [2.24, 2.45) is 0 Å². The summed E-state index contributed by atoms with van der Waals surface area (Å²) in [4.78, 5) is 0. The first kappa shape index (κ1) is 22.6. The molecule has 0 amide bonds. The van der Waals surface area contributed by atoms with Crippen molar-refractivity contribution >= 4 is 0 Å². The number of aliphatic hydroxyl groups is 3. The zero-order chi connectivity index (χ0) is 22.6. The number of hydrogen-bond acceptors (Lipinski definition) is 6. The van der Waals surface area contributed by atoms with Crippen LogP contribution in [0.15, 0.2) is 91.0 Å². The number of rotatable bonds is 7. The summed E-state index contributed by atoms with van der Waals surface area (Å²) in [6.07, 6.45) is -6.08. The van der Waals surface area contributed by atoms with Gasteiger partial charge in [0.25, 0.3) is 0 Å². The second-order valence-corrected chi connectivity index (χ2v) is 7.84. The third-order valence-electron chi connectivity index (χ3n) is 5.91. The van der Waals surface area contributed by atoms with E-state index in [1.807, 2.05) is 91.0 Å². The van der Waals surface area contributed by atoms with Crippen LogP contribution in [0.3, 0.4) is 0 Å². The molecule has 0 bridgehead atoms. The first-order chi connectivity index (χ1) is 15.6. The highest BCUT2D eigenvalue weighted by Gasteiger charge is 2.46. The normalized spacial score (nSPS) is 26.1. The highest BCUT2D eigenvalue weighted by Crippen LogP contribution is 2.41. The minimum atomic E-state index is -1.41. The lowest BCUT2D eigenvalue weighted by Crippen LogP contribution is -2.59. The Balaban J connectivity index is 1.77. The van der Waals surface area contributed by atoms with Crippen molar-refractivity contribution in [3.8, 4) is 0 Å². The fraction of sp³-hybridized carbons (Fsp3) is 0.308. The summed E-state index contributed by atoms with van der Waals surface area (Å²) >= 11 is 0. The third kappa shape index (κ3) is 4.21. The van der Waals surface area contributed by atoms with Crippen LogP contribution in [-0.2, 0) is 19.8 Å². The summed E-state index contributed by atoms with van der Waals surface area (Å²) < 4.78 is 17.5. The van der Waals surface area contributed by atoms with Gasteiger partial charge in [0, 0.05) is 7.11 Å². The lowest BCUT2D eigenvalue weighted by atomic mass is 9.80. The summed E-state index contributed by atoms with van der Waals surface area (Å²) in [5.41, 5.74) is 1.74. The Hall–Kier alpha value is -2.58. The van der Waals surface area contributed by atoms with Crippen LogP contribution in [0.2, 0.25) is 0 Å². The van der Waals surface area contributed by atoms with E-state index in [2.05, 4.69) is 0 Å². The van der Waals surface area contributed by atoms with E-state index in [-0.39, 0.29) is 6.61 Å². The van der Waals surface area contributed by atoms with Crippen molar-refractivity contribution in [1.82, 2.24) is 0 Å². The second kappa shape index (κ2) is 9.92. The van der Waals surface area contributed by atoms with Crippen LogP contribution in [0, 0.1) is 0 Å². The summed E-state index contributed by atoms with van der Waals surface area (Å²) in [6.45, 7) is -0.0521. The molecule has 1 aliphatic rings. The Morgan fingerprint density at radius 3 is 1.53 bits per heavy atom. The van der Waals surface area contributed by atoms with Gasteiger partial charge in [0.1, 0.15) is 30.0 Å². The van der Waals surface area contributed by atoms with Gasteiger partial charge in [-0.15, -0.1) is 0 Å². The van der Waals surface area contributed by atoms with Gasteiger partial charge in [-0.25, -0.2) is 0 Å².